The predicted octanol–water partition coefficient (Wildman–Crippen LogP) is 2.58. The molecule has 0 amide bonds. The van der Waals surface area contributed by atoms with Gasteiger partial charge in [-0.2, -0.15) is 4.98 Å². The lowest BCUT2D eigenvalue weighted by Crippen LogP contribution is -2.36. The lowest BCUT2D eigenvalue weighted by atomic mass is 9.96. The van der Waals surface area contributed by atoms with Gasteiger partial charge in [0.1, 0.15) is 0 Å². The van der Waals surface area contributed by atoms with Gasteiger partial charge in [-0.05, 0) is 39.2 Å². The maximum Gasteiger partial charge on any atom is 0.233 e. The highest BCUT2D eigenvalue weighted by Gasteiger charge is 2.33. The van der Waals surface area contributed by atoms with E-state index in [0.717, 1.165) is 37.6 Å². The number of aryl methyl sites for hydroxylation is 1. The number of aromatic nitrogens is 4. The van der Waals surface area contributed by atoms with Crippen LogP contribution in [0.1, 0.15) is 74.0 Å². The topological polar surface area (TPSA) is 81.1 Å². The minimum atomic E-state index is 0.124. The van der Waals surface area contributed by atoms with Gasteiger partial charge >= 0.3 is 0 Å². The molecule has 22 heavy (non-hydrogen) atoms. The van der Waals surface area contributed by atoms with Crippen LogP contribution in [0, 0.1) is 6.92 Å². The molecule has 2 aromatic heterocycles. The highest BCUT2D eigenvalue weighted by atomic mass is 16.5. The average molecular weight is 303 g/mol. The zero-order valence-corrected chi connectivity index (χ0v) is 13.0. The monoisotopic (exact) mass is 303 g/mol. The largest absolute Gasteiger partial charge is 0.424 e. The van der Waals surface area contributed by atoms with E-state index >= 15 is 0 Å². The van der Waals surface area contributed by atoms with Crippen LogP contribution in [0.25, 0.3) is 0 Å². The van der Waals surface area contributed by atoms with Crippen molar-refractivity contribution in [1.29, 1.82) is 0 Å². The summed E-state index contributed by atoms with van der Waals surface area (Å²) in [6, 6.07) is 0.124. The second kappa shape index (κ2) is 5.46. The first kappa shape index (κ1) is 13.9. The van der Waals surface area contributed by atoms with Crippen molar-refractivity contribution in [3.8, 4) is 0 Å². The van der Waals surface area contributed by atoms with Gasteiger partial charge in [0.25, 0.3) is 0 Å². The van der Waals surface area contributed by atoms with Crippen LogP contribution < -0.4 is 0 Å². The summed E-state index contributed by atoms with van der Waals surface area (Å²) in [6.45, 7) is 5.88. The smallest absolute Gasteiger partial charge is 0.233 e. The molecule has 1 saturated heterocycles. The molecule has 3 heterocycles. The fourth-order valence-electron chi connectivity index (χ4n) is 3.11. The summed E-state index contributed by atoms with van der Waals surface area (Å²) in [5.74, 6) is 3.83. The Labute approximate surface area is 129 Å². The van der Waals surface area contributed by atoms with Crippen LogP contribution in [0.5, 0.6) is 0 Å². The number of rotatable bonds is 4. The van der Waals surface area contributed by atoms with Gasteiger partial charge in [0, 0.05) is 25.3 Å². The third-order valence-electron chi connectivity index (χ3n) is 4.65. The summed E-state index contributed by atoms with van der Waals surface area (Å²) in [5.41, 5.74) is 0. The van der Waals surface area contributed by atoms with Crippen LogP contribution in [0.3, 0.4) is 0 Å². The highest BCUT2D eigenvalue weighted by Crippen LogP contribution is 2.40. The molecule has 0 spiro atoms. The lowest BCUT2D eigenvalue weighted by molar-refractivity contribution is 0.135. The molecule has 0 bridgehead atoms. The molecule has 0 unspecified atom stereocenters. The van der Waals surface area contributed by atoms with Crippen molar-refractivity contribution in [1.82, 2.24) is 25.2 Å². The molecule has 0 aromatic carbocycles. The molecule has 2 aromatic rings. The van der Waals surface area contributed by atoms with Crippen molar-refractivity contribution >= 4 is 0 Å². The molecule has 7 heteroatoms. The number of nitrogens with zero attached hydrogens (tertiary/aromatic N) is 5. The summed E-state index contributed by atoms with van der Waals surface area (Å²) in [4.78, 5) is 6.98. The van der Waals surface area contributed by atoms with Crippen LogP contribution >= 0.6 is 0 Å². The Balaban J connectivity index is 1.46. The standard InChI is InChI=1S/C15H21N5O2/c1-9(14-18-17-10(2)21-14)20-7-3-4-12(8-20)13-16-15(22-19-13)11-5-6-11/h9,11-12H,3-8H2,1-2H3/t9-,12-/m0/s1. The molecule has 7 nitrogen and oxygen atoms in total. The van der Waals surface area contributed by atoms with Gasteiger partial charge in [-0.15, -0.1) is 10.2 Å². The van der Waals surface area contributed by atoms with Gasteiger partial charge in [0.15, 0.2) is 5.82 Å². The van der Waals surface area contributed by atoms with Crippen molar-refractivity contribution in [2.75, 3.05) is 13.1 Å². The van der Waals surface area contributed by atoms with Crippen molar-refractivity contribution in [2.45, 2.75) is 57.4 Å². The fourth-order valence-corrected chi connectivity index (χ4v) is 3.11. The molecular formula is C15H21N5O2. The van der Waals surface area contributed by atoms with Gasteiger partial charge in [-0.25, -0.2) is 0 Å². The summed E-state index contributed by atoms with van der Waals surface area (Å²) < 4.78 is 11.0. The van der Waals surface area contributed by atoms with Gasteiger partial charge < -0.3 is 8.94 Å². The zero-order chi connectivity index (χ0) is 15.1. The molecule has 0 N–H and O–H groups in total. The maximum absolute atomic E-state index is 5.57. The van der Waals surface area contributed by atoms with E-state index in [2.05, 4.69) is 32.2 Å². The van der Waals surface area contributed by atoms with Crippen molar-refractivity contribution < 1.29 is 8.94 Å². The number of piperidine rings is 1. The van der Waals surface area contributed by atoms with E-state index in [9.17, 15) is 0 Å². The normalized spacial score (nSPS) is 24.5. The second-order valence-electron chi connectivity index (χ2n) is 6.43. The second-order valence-corrected chi connectivity index (χ2v) is 6.43. The predicted molar refractivity (Wildman–Crippen MR) is 77.3 cm³/mol. The van der Waals surface area contributed by atoms with E-state index in [1.807, 2.05) is 6.92 Å². The van der Waals surface area contributed by atoms with E-state index < -0.39 is 0 Å². The minimum absolute atomic E-state index is 0.124. The highest BCUT2D eigenvalue weighted by molar-refractivity contribution is 5.06. The number of likely N-dealkylation sites (tertiary alicyclic amines) is 1. The lowest BCUT2D eigenvalue weighted by Gasteiger charge is -2.34. The van der Waals surface area contributed by atoms with Crippen LogP contribution in [-0.4, -0.2) is 38.3 Å². The van der Waals surface area contributed by atoms with E-state index in [-0.39, 0.29) is 6.04 Å². The van der Waals surface area contributed by atoms with Gasteiger partial charge in [-0.1, -0.05) is 5.16 Å². The van der Waals surface area contributed by atoms with E-state index in [1.165, 1.54) is 12.8 Å². The minimum Gasteiger partial charge on any atom is -0.424 e. The van der Waals surface area contributed by atoms with Crippen molar-refractivity contribution in [3.63, 3.8) is 0 Å². The first-order valence-electron chi connectivity index (χ1n) is 8.08. The van der Waals surface area contributed by atoms with Gasteiger partial charge in [-0.3, -0.25) is 4.90 Å². The fraction of sp³-hybridized carbons (Fsp3) is 0.733. The first-order chi connectivity index (χ1) is 10.7. The third-order valence-corrected chi connectivity index (χ3v) is 4.65. The Morgan fingerprint density at radius 2 is 2.05 bits per heavy atom. The molecule has 2 aliphatic rings. The van der Waals surface area contributed by atoms with E-state index in [1.54, 1.807) is 0 Å². The van der Waals surface area contributed by atoms with Crippen molar-refractivity contribution in [2.24, 2.45) is 0 Å². The van der Waals surface area contributed by atoms with Crippen LogP contribution in [-0.2, 0) is 0 Å². The summed E-state index contributed by atoms with van der Waals surface area (Å²) >= 11 is 0. The van der Waals surface area contributed by atoms with Crippen molar-refractivity contribution in [3.05, 3.63) is 23.5 Å². The van der Waals surface area contributed by atoms with E-state index in [0.29, 0.717) is 23.6 Å². The summed E-state index contributed by atoms with van der Waals surface area (Å²) in [6.07, 6.45) is 4.60. The van der Waals surface area contributed by atoms with Gasteiger partial charge in [0.2, 0.25) is 17.7 Å². The Bertz CT molecular complexity index is 648. The third kappa shape index (κ3) is 2.65. The molecule has 118 valence electrons. The molecule has 0 radical (unpaired) electrons. The van der Waals surface area contributed by atoms with Crippen LogP contribution in [0.2, 0.25) is 0 Å². The number of hydrogen-bond acceptors (Lipinski definition) is 7. The zero-order valence-electron chi connectivity index (χ0n) is 13.0. The molecule has 2 atom stereocenters. The summed E-state index contributed by atoms with van der Waals surface area (Å²) in [5, 5.41) is 12.3. The van der Waals surface area contributed by atoms with Crippen LogP contribution in [0.15, 0.2) is 8.94 Å². The quantitative estimate of drug-likeness (QED) is 0.858. The van der Waals surface area contributed by atoms with Gasteiger partial charge in [0.05, 0.1) is 6.04 Å². The SMILES string of the molecule is Cc1nnc([C@H](C)N2CCC[C@H](c3noc(C4CC4)n3)C2)o1. The molecule has 1 aliphatic heterocycles. The molecular weight excluding hydrogens is 282 g/mol. The average Bonchev–Trinajstić information content (AvgIpc) is 3.10. The Morgan fingerprint density at radius 3 is 2.77 bits per heavy atom. The van der Waals surface area contributed by atoms with E-state index in [4.69, 9.17) is 8.94 Å². The Kier molecular flexibility index (Phi) is 3.44. The Hall–Kier alpha value is -1.76. The molecule has 1 aliphatic carbocycles. The first-order valence-corrected chi connectivity index (χ1v) is 8.08. The summed E-state index contributed by atoms with van der Waals surface area (Å²) in [7, 11) is 0. The maximum atomic E-state index is 5.57. The molecule has 2 fully saturated rings. The molecule has 4 rings (SSSR count). The Morgan fingerprint density at radius 1 is 1.18 bits per heavy atom. The van der Waals surface area contributed by atoms with Crippen LogP contribution in [0.4, 0.5) is 0 Å². The number of hydrogen-bond donors (Lipinski definition) is 0. The molecule has 1 saturated carbocycles.